The SMILES string of the molecule is O=C(NCC(COCc1cc(C(F)(F)F)cc(C(F)(F)F)c1)c1ccccc1)c1ccc(Cl)nc1Cl. The number of nitrogens with zero attached hydrogens (tertiary/aromatic N) is 1. The fraction of sp³-hybridized carbons (Fsp3) is 0.250. The third-order valence-corrected chi connectivity index (χ3v) is 5.57. The first-order valence-corrected chi connectivity index (χ1v) is 11.1. The summed E-state index contributed by atoms with van der Waals surface area (Å²) in [7, 11) is 0. The monoisotopic (exact) mass is 550 g/mol. The Hall–Kier alpha value is -2.82. The van der Waals surface area contributed by atoms with E-state index < -0.39 is 41.9 Å². The fourth-order valence-electron chi connectivity index (χ4n) is 3.31. The lowest BCUT2D eigenvalue weighted by atomic mass is 10.00. The summed E-state index contributed by atoms with van der Waals surface area (Å²) in [5.74, 6) is -1.01. The van der Waals surface area contributed by atoms with Crippen molar-refractivity contribution >= 4 is 29.1 Å². The maximum Gasteiger partial charge on any atom is 0.416 e. The molecule has 2 aromatic carbocycles. The van der Waals surface area contributed by atoms with E-state index in [4.69, 9.17) is 27.9 Å². The van der Waals surface area contributed by atoms with Crippen molar-refractivity contribution in [3.8, 4) is 0 Å². The van der Waals surface area contributed by atoms with Crippen molar-refractivity contribution in [2.75, 3.05) is 13.2 Å². The minimum Gasteiger partial charge on any atom is -0.376 e. The van der Waals surface area contributed by atoms with E-state index in [0.29, 0.717) is 12.1 Å². The van der Waals surface area contributed by atoms with Gasteiger partial charge in [-0.1, -0.05) is 53.5 Å². The summed E-state index contributed by atoms with van der Waals surface area (Å²) in [6.45, 7) is -0.566. The number of carbonyl (C=O) groups excluding carboxylic acids is 1. The van der Waals surface area contributed by atoms with Crippen molar-refractivity contribution in [1.82, 2.24) is 10.3 Å². The summed E-state index contributed by atoms with van der Waals surface area (Å²) >= 11 is 11.7. The van der Waals surface area contributed by atoms with Crippen LogP contribution in [0.4, 0.5) is 26.3 Å². The lowest BCUT2D eigenvalue weighted by Crippen LogP contribution is -2.30. The molecule has 12 heteroatoms. The zero-order valence-electron chi connectivity index (χ0n) is 18.3. The van der Waals surface area contributed by atoms with E-state index in [0.717, 1.165) is 5.56 Å². The van der Waals surface area contributed by atoms with Gasteiger partial charge in [-0.25, -0.2) is 4.98 Å². The predicted octanol–water partition coefficient (Wildman–Crippen LogP) is 7.16. The van der Waals surface area contributed by atoms with Crippen LogP contribution in [0.3, 0.4) is 0 Å². The summed E-state index contributed by atoms with van der Waals surface area (Å²) in [5, 5.41) is 2.69. The zero-order chi connectivity index (χ0) is 26.5. The van der Waals surface area contributed by atoms with Crippen LogP contribution in [0.15, 0.2) is 60.7 Å². The van der Waals surface area contributed by atoms with E-state index in [1.165, 1.54) is 12.1 Å². The maximum atomic E-state index is 13.1. The molecular weight excluding hydrogens is 533 g/mol. The number of aromatic nitrogens is 1. The van der Waals surface area contributed by atoms with Gasteiger partial charge in [0.1, 0.15) is 10.3 Å². The molecule has 3 aromatic rings. The maximum absolute atomic E-state index is 13.1. The van der Waals surface area contributed by atoms with E-state index in [9.17, 15) is 31.1 Å². The number of halogens is 8. The van der Waals surface area contributed by atoms with E-state index in [1.807, 2.05) is 0 Å². The molecule has 1 aromatic heterocycles. The van der Waals surface area contributed by atoms with Crippen LogP contribution in [0.2, 0.25) is 10.3 Å². The number of hydrogen-bond acceptors (Lipinski definition) is 3. The van der Waals surface area contributed by atoms with E-state index in [-0.39, 0.29) is 40.7 Å². The molecule has 1 atom stereocenters. The standard InChI is InChI=1S/C24H18Cl2F6N2O2/c25-20-7-6-19(21(26)34-20)22(35)33-11-16(15-4-2-1-3-5-15)13-36-12-14-8-17(23(27,28)29)10-18(9-14)24(30,31)32/h1-10,16H,11-13H2,(H,33,35). The third kappa shape index (κ3) is 7.59. The quantitative estimate of drug-likeness (QED) is 0.239. The molecule has 0 saturated heterocycles. The van der Waals surface area contributed by atoms with Crippen molar-refractivity contribution in [1.29, 1.82) is 0 Å². The molecule has 0 bridgehead atoms. The topological polar surface area (TPSA) is 51.2 Å². The van der Waals surface area contributed by atoms with Crippen LogP contribution in [0.5, 0.6) is 0 Å². The van der Waals surface area contributed by atoms with Gasteiger partial charge in [-0.3, -0.25) is 4.79 Å². The molecule has 3 rings (SSSR count). The molecule has 0 radical (unpaired) electrons. The average Bonchev–Trinajstić information content (AvgIpc) is 2.80. The summed E-state index contributed by atoms with van der Waals surface area (Å²) in [5.41, 5.74) is -2.31. The summed E-state index contributed by atoms with van der Waals surface area (Å²) in [6, 6.07) is 12.8. The highest BCUT2D eigenvalue weighted by Crippen LogP contribution is 2.36. The van der Waals surface area contributed by atoms with Gasteiger partial charge in [-0.2, -0.15) is 26.3 Å². The number of benzene rings is 2. The van der Waals surface area contributed by atoms with Crippen LogP contribution in [0.1, 0.15) is 38.5 Å². The number of rotatable bonds is 8. The van der Waals surface area contributed by atoms with Crippen LogP contribution in [-0.2, 0) is 23.7 Å². The molecule has 36 heavy (non-hydrogen) atoms. The van der Waals surface area contributed by atoms with E-state index in [2.05, 4.69) is 10.3 Å². The summed E-state index contributed by atoms with van der Waals surface area (Å²) < 4.78 is 84.1. The van der Waals surface area contributed by atoms with Crippen molar-refractivity contribution in [2.24, 2.45) is 0 Å². The molecule has 4 nitrogen and oxygen atoms in total. The lowest BCUT2D eigenvalue weighted by molar-refractivity contribution is -0.143. The molecule has 1 N–H and O–H groups in total. The molecule has 0 spiro atoms. The number of pyridine rings is 1. The van der Waals surface area contributed by atoms with Gasteiger partial charge in [0.25, 0.3) is 5.91 Å². The van der Waals surface area contributed by atoms with Gasteiger partial charge in [-0.05, 0) is 41.5 Å². The first-order valence-electron chi connectivity index (χ1n) is 10.4. The summed E-state index contributed by atoms with van der Waals surface area (Å²) in [6.07, 6.45) is -9.91. The van der Waals surface area contributed by atoms with Gasteiger partial charge < -0.3 is 10.1 Å². The Morgan fingerprint density at radius 1 is 0.917 bits per heavy atom. The molecule has 1 heterocycles. The molecule has 0 aliphatic heterocycles. The fourth-order valence-corrected chi connectivity index (χ4v) is 3.74. The van der Waals surface area contributed by atoms with E-state index >= 15 is 0 Å². The molecule has 0 saturated carbocycles. The summed E-state index contributed by atoms with van der Waals surface area (Å²) in [4.78, 5) is 16.3. The Kier molecular flexibility index (Phi) is 8.86. The number of nitrogens with one attached hydrogen (secondary N) is 1. The van der Waals surface area contributed by atoms with Gasteiger partial charge in [-0.15, -0.1) is 0 Å². The highest BCUT2D eigenvalue weighted by Gasteiger charge is 2.36. The van der Waals surface area contributed by atoms with Crippen molar-refractivity contribution in [3.63, 3.8) is 0 Å². The lowest BCUT2D eigenvalue weighted by Gasteiger charge is -2.19. The molecule has 0 aliphatic rings. The van der Waals surface area contributed by atoms with Gasteiger partial charge in [0, 0.05) is 12.5 Å². The Morgan fingerprint density at radius 2 is 1.53 bits per heavy atom. The second-order valence-electron chi connectivity index (χ2n) is 7.72. The number of alkyl halides is 6. The number of carbonyl (C=O) groups is 1. The highest BCUT2D eigenvalue weighted by molar-refractivity contribution is 6.34. The largest absolute Gasteiger partial charge is 0.416 e. The normalized spacial score (nSPS) is 12.9. The Morgan fingerprint density at radius 3 is 2.08 bits per heavy atom. The minimum atomic E-state index is -4.95. The van der Waals surface area contributed by atoms with Gasteiger partial charge in [0.15, 0.2) is 0 Å². The molecule has 1 amide bonds. The molecule has 1 unspecified atom stereocenters. The molecule has 0 fully saturated rings. The molecule has 0 aliphatic carbocycles. The van der Waals surface area contributed by atoms with Crippen LogP contribution in [-0.4, -0.2) is 24.0 Å². The number of ether oxygens (including phenoxy) is 1. The van der Waals surface area contributed by atoms with Crippen LogP contribution in [0.25, 0.3) is 0 Å². The van der Waals surface area contributed by atoms with Crippen molar-refractivity contribution in [2.45, 2.75) is 24.9 Å². The zero-order valence-corrected chi connectivity index (χ0v) is 19.8. The van der Waals surface area contributed by atoms with Crippen molar-refractivity contribution in [3.05, 3.63) is 98.8 Å². The first kappa shape index (κ1) is 27.8. The second-order valence-corrected chi connectivity index (χ2v) is 8.46. The Balaban J connectivity index is 1.73. The highest BCUT2D eigenvalue weighted by atomic mass is 35.5. The Labute approximate surface area is 212 Å². The minimum absolute atomic E-state index is 0.0399. The Bertz CT molecular complexity index is 1170. The first-order chi connectivity index (χ1) is 16.8. The van der Waals surface area contributed by atoms with Crippen LogP contribution in [0, 0.1) is 0 Å². The smallest absolute Gasteiger partial charge is 0.376 e. The number of hydrogen-bond donors (Lipinski definition) is 1. The van der Waals surface area contributed by atoms with Crippen molar-refractivity contribution < 1.29 is 35.9 Å². The second kappa shape index (κ2) is 11.5. The van der Waals surface area contributed by atoms with Gasteiger partial charge in [0.05, 0.1) is 29.9 Å². The van der Waals surface area contributed by atoms with Crippen LogP contribution >= 0.6 is 23.2 Å². The predicted molar refractivity (Wildman–Crippen MR) is 122 cm³/mol. The average molecular weight is 551 g/mol. The van der Waals surface area contributed by atoms with Gasteiger partial charge >= 0.3 is 12.4 Å². The van der Waals surface area contributed by atoms with Gasteiger partial charge in [0.2, 0.25) is 0 Å². The molecule has 192 valence electrons. The van der Waals surface area contributed by atoms with E-state index in [1.54, 1.807) is 30.3 Å². The number of amides is 1. The molecular formula is C24H18Cl2F6N2O2. The van der Waals surface area contributed by atoms with Crippen LogP contribution < -0.4 is 5.32 Å². The third-order valence-electron chi connectivity index (χ3n) is 5.07.